The molecule has 0 aliphatic rings. The lowest BCUT2D eigenvalue weighted by atomic mass is 10.1. The number of para-hydroxylation sites is 4. The minimum Gasteiger partial charge on any atom is -0.309 e. The summed E-state index contributed by atoms with van der Waals surface area (Å²) in [6.07, 6.45) is 5.25. The average molecular weight is 652 g/mol. The van der Waals surface area contributed by atoms with Crippen LogP contribution < -0.4 is 0 Å². The van der Waals surface area contributed by atoms with Crippen LogP contribution in [0.4, 0.5) is 0 Å². The van der Waals surface area contributed by atoms with Gasteiger partial charge in [-0.3, -0.25) is 9.97 Å². The Morgan fingerprint density at radius 2 is 0.725 bits per heavy atom. The highest BCUT2D eigenvalue weighted by atomic mass is 15.0. The molecule has 4 aromatic heterocycles. The second kappa shape index (κ2) is 10.8. The lowest BCUT2D eigenvalue weighted by Crippen LogP contribution is -1.96. The molecule has 5 heteroatoms. The van der Waals surface area contributed by atoms with Gasteiger partial charge in [0.25, 0.3) is 0 Å². The first kappa shape index (κ1) is 27.9. The van der Waals surface area contributed by atoms with E-state index in [1.54, 1.807) is 12.4 Å². The van der Waals surface area contributed by atoms with Crippen molar-refractivity contribution in [3.63, 3.8) is 0 Å². The summed E-state index contributed by atoms with van der Waals surface area (Å²) in [6, 6.07) is 57.3. The molecule has 0 fully saturated rings. The maximum atomic E-state index is 4.52. The van der Waals surface area contributed by atoms with Crippen molar-refractivity contribution in [1.82, 2.24) is 23.7 Å². The van der Waals surface area contributed by atoms with Gasteiger partial charge in [-0.15, -0.1) is 0 Å². The lowest BCUT2D eigenvalue weighted by Gasteiger charge is -2.11. The molecule has 0 bridgehead atoms. The molecule has 0 atom stereocenters. The second-order valence-corrected chi connectivity index (χ2v) is 13.1. The van der Waals surface area contributed by atoms with Crippen LogP contribution in [-0.2, 0) is 0 Å². The summed E-state index contributed by atoms with van der Waals surface area (Å²) in [6.45, 7) is 0. The Labute approximate surface area is 292 Å². The van der Waals surface area contributed by atoms with Gasteiger partial charge in [-0.2, -0.15) is 0 Å². The highest BCUT2D eigenvalue weighted by Crippen LogP contribution is 2.39. The van der Waals surface area contributed by atoms with E-state index in [0.29, 0.717) is 0 Å². The topological polar surface area (TPSA) is 40.6 Å². The zero-order chi connectivity index (χ0) is 33.5. The predicted octanol–water partition coefficient (Wildman–Crippen LogP) is 11.4. The monoisotopic (exact) mass is 651 g/mol. The van der Waals surface area contributed by atoms with E-state index in [1.807, 2.05) is 6.20 Å². The fourth-order valence-corrected chi connectivity index (χ4v) is 8.19. The maximum Gasteiger partial charge on any atom is 0.0885 e. The molecule has 0 aliphatic heterocycles. The van der Waals surface area contributed by atoms with Gasteiger partial charge < -0.3 is 13.7 Å². The molecule has 4 heterocycles. The number of nitrogens with zero attached hydrogens (tertiary/aromatic N) is 5. The van der Waals surface area contributed by atoms with Crippen molar-refractivity contribution in [3.8, 4) is 28.3 Å². The van der Waals surface area contributed by atoms with Gasteiger partial charge in [0, 0.05) is 67.3 Å². The molecule has 11 aromatic rings. The van der Waals surface area contributed by atoms with Gasteiger partial charge in [-0.25, -0.2) is 0 Å². The normalized spacial score (nSPS) is 11.9. The molecule has 7 aromatic carbocycles. The van der Waals surface area contributed by atoms with E-state index in [1.165, 1.54) is 54.4 Å². The van der Waals surface area contributed by atoms with E-state index in [9.17, 15) is 0 Å². The van der Waals surface area contributed by atoms with Crippen molar-refractivity contribution in [2.75, 3.05) is 0 Å². The van der Waals surface area contributed by atoms with E-state index < -0.39 is 0 Å². The van der Waals surface area contributed by atoms with E-state index in [-0.39, 0.29) is 0 Å². The van der Waals surface area contributed by atoms with Crippen LogP contribution >= 0.6 is 0 Å². The minimum absolute atomic E-state index is 0.859. The standard InChI is InChI=1S/C46H29N5/c1-5-13-41-34(9-1)35-10-2-6-14-42(35)50(41)32-21-23-45-38(27-32)39-28-33(51-43-15-7-3-11-36(43)37-12-4-8-16-44(37)51)22-24-46(39)49(45)31-19-17-30(18-20-31)40-29-47-25-26-48-40/h1-29H. The summed E-state index contributed by atoms with van der Waals surface area (Å²) < 4.78 is 7.19. The van der Waals surface area contributed by atoms with Crippen molar-refractivity contribution >= 4 is 65.4 Å². The fraction of sp³-hybridized carbons (Fsp3) is 0. The third-order valence-electron chi connectivity index (χ3n) is 10.4. The largest absolute Gasteiger partial charge is 0.309 e. The summed E-state index contributed by atoms with van der Waals surface area (Å²) in [5.41, 5.74) is 12.4. The van der Waals surface area contributed by atoms with Gasteiger partial charge in [-0.05, 0) is 72.8 Å². The molecule has 0 amide bonds. The molecule has 0 saturated heterocycles. The predicted molar refractivity (Wildman–Crippen MR) is 210 cm³/mol. The van der Waals surface area contributed by atoms with Crippen molar-refractivity contribution in [2.24, 2.45) is 0 Å². The molecule has 0 unspecified atom stereocenters. The summed E-state index contributed by atoms with van der Waals surface area (Å²) in [5.74, 6) is 0. The Kier molecular flexibility index (Phi) is 5.89. The van der Waals surface area contributed by atoms with Crippen LogP contribution in [0.15, 0.2) is 176 Å². The summed E-state index contributed by atoms with van der Waals surface area (Å²) in [7, 11) is 0. The number of hydrogen-bond donors (Lipinski definition) is 0. The van der Waals surface area contributed by atoms with Crippen LogP contribution in [0.5, 0.6) is 0 Å². The Morgan fingerprint density at radius 3 is 1.16 bits per heavy atom. The minimum atomic E-state index is 0.859. The molecule has 5 nitrogen and oxygen atoms in total. The Bertz CT molecular complexity index is 2850. The molecule has 51 heavy (non-hydrogen) atoms. The van der Waals surface area contributed by atoms with Crippen molar-refractivity contribution < 1.29 is 0 Å². The van der Waals surface area contributed by atoms with Crippen LogP contribution in [0, 0.1) is 0 Å². The molecule has 0 radical (unpaired) electrons. The van der Waals surface area contributed by atoms with Crippen molar-refractivity contribution in [2.45, 2.75) is 0 Å². The van der Waals surface area contributed by atoms with Crippen LogP contribution in [-0.4, -0.2) is 23.7 Å². The SMILES string of the molecule is c1ccc2c(c1)c1ccccc1n2-c1ccc2c(c1)c1cc(-n3c4ccccc4c4ccccc43)ccc1n2-c1ccc(-c2cnccn2)cc1. The molecule has 11 rings (SSSR count). The van der Waals surface area contributed by atoms with Gasteiger partial charge in [0.15, 0.2) is 0 Å². The number of aromatic nitrogens is 5. The van der Waals surface area contributed by atoms with E-state index in [0.717, 1.165) is 39.4 Å². The fourth-order valence-electron chi connectivity index (χ4n) is 8.19. The Morgan fingerprint density at radius 1 is 0.333 bits per heavy atom. The van der Waals surface area contributed by atoms with Crippen LogP contribution in [0.25, 0.3) is 93.7 Å². The highest BCUT2D eigenvalue weighted by Gasteiger charge is 2.19. The molecular weight excluding hydrogens is 623 g/mol. The van der Waals surface area contributed by atoms with Gasteiger partial charge >= 0.3 is 0 Å². The first-order valence-corrected chi connectivity index (χ1v) is 17.2. The zero-order valence-electron chi connectivity index (χ0n) is 27.5. The van der Waals surface area contributed by atoms with E-state index in [4.69, 9.17) is 0 Å². The smallest absolute Gasteiger partial charge is 0.0885 e. The number of rotatable bonds is 4. The van der Waals surface area contributed by atoms with E-state index >= 15 is 0 Å². The van der Waals surface area contributed by atoms with Crippen molar-refractivity contribution in [1.29, 1.82) is 0 Å². The Hall–Kier alpha value is -6.98. The average Bonchev–Trinajstić information content (AvgIpc) is 3.83. The van der Waals surface area contributed by atoms with Crippen molar-refractivity contribution in [3.05, 3.63) is 176 Å². The highest BCUT2D eigenvalue weighted by molar-refractivity contribution is 6.14. The molecule has 238 valence electrons. The number of hydrogen-bond acceptors (Lipinski definition) is 2. The third kappa shape index (κ3) is 4.09. The quantitative estimate of drug-likeness (QED) is 0.190. The number of fused-ring (bicyclic) bond motifs is 9. The number of benzene rings is 7. The summed E-state index contributed by atoms with van der Waals surface area (Å²) >= 11 is 0. The first-order valence-electron chi connectivity index (χ1n) is 17.2. The van der Waals surface area contributed by atoms with Crippen LogP contribution in [0.1, 0.15) is 0 Å². The van der Waals surface area contributed by atoms with Gasteiger partial charge in [0.1, 0.15) is 0 Å². The Balaban J connectivity index is 1.20. The molecule has 0 spiro atoms. The summed E-state index contributed by atoms with van der Waals surface area (Å²) in [4.78, 5) is 8.80. The third-order valence-corrected chi connectivity index (χ3v) is 10.4. The molecule has 0 N–H and O–H groups in total. The molecular formula is C46H29N5. The second-order valence-electron chi connectivity index (χ2n) is 13.1. The van der Waals surface area contributed by atoms with Gasteiger partial charge in [-0.1, -0.05) is 84.9 Å². The van der Waals surface area contributed by atoms with Crippen LogP contribution in [0.3, 0.4) is 0 Å². The summed E-state index contributed by atoms with van der Waals surface area (Å²) in [5, 5.41) is 7.43. The van der Waals surface area contributed by atoms with Gasteiger partial charge in [0.2, 0.25) is 0 Å². The lowest BCUT2D eigenvalue weighted by molar-refractivity contribution is 1.16. The maximum absolute atomic E-state index is 4.52. The van der Waals surface area contributed by atoms with Gasteiger partial charge in [0.05, 0.1) is 45.0 Å². The zero-order valence-corrected chi connectivity index (χ0v) is 27.5. The molecule has 0 aliphatic carbocycles. The van der Waals surface area contributed by atoms with E-state index in [2.05, 4.69) is 181 Å². The molecule has 0 saturated carbocycles. The first-order chi connectivity index (χ1) is 25.3. The van der Waals surface area contributed by atoms with Crippen LogP contribution in [0.2, 0.25) is 0 Å².